The molecule has 0 fully saturated rings. The number of carbonyl (C=O) groups is 7. The lowest BCUT2D eigenvalue weighted by Gasteiger charge is -2.25. The van der Waals surface area contributed by atoms with Crippen LogP contribution in [0.4, 0.5) is 0 Å². The van der Waals surface area contributed by atoms with Gasteiger partial charge in [0.2, 0.25) is 23.6 Å². The molecule has 0 aliphatic heterocycles. The fraction of sp³-hybridized carbons (Fsp3) is 0.435. The molecule has 0 aromatic heterocycles. The number of rotatable bonds is 17. The average molecular weight is 554 g/mol. The van der Waals surface area contributed by atoms with Gasteiger partial charge in [-0.25, -0.2) is 4.79 Å². The Labute approximate surface area is 221 Å². The topological polar surface area (TPSA) is 289 Å². The minimum absolute atomic E-state index is 0.0929. The molecule has 0 radical (unpaired) electrons. The van der Waals surface area contributed by atoms with E-state index in [-0.39, 0.29) is 31.4 Å². The molecule has 39 heavy (non-hydrogen) atoms. The van der Waals surface area contributed by atoms with Crippen LogP contribution in [0.2, 0.25) is 0 Å². The van der Waals surface area contributed by atoms with Gasteiger partial charge in [0.25, 0.3) is 0 Å². The molecule has 16 nitrogen and oxygen atoms in total. The Balaban J connectivity index is 3.18. The largest absolute Gasteiger partial charge is 0.508 e. The SMILES string of the molecule is NC(=O)CCC(NC(=O)C(N)CCC(=O)O)C(=O)NC(Cc1ccc(O)cc1)C(=O)NC(CC(=O)O)C(=O)O. The second kappa shape index (κ2) is 15.5. The number of nitrogens with two attached hydrogens (primary N) is 2. The number of phenols is 1. The number of hydrogen-bond acceptors (Lipinski definition) is 9. The molecular formula is C23H31N5O11. The number of carbonyl (C=O) groups excluding carboxylic acids is 4. The molecule has 0 heterocycles. The normalized spacial score (nSPS) is 13.7. The van der Waals surface area contributed by atoms with Gasteiger partial charge in [-0.2, -0.15) is 0 Å². The van der Waals surface area contributed by atoms with Crippen molar-refractivity contribution in [3.63, 3.8) is 0 Å². The number of primary amides is 1. The zero-order valence-corrected chi connectivity index (χ0v) is 20.7. The number of amides is 4. The van der Waals surface area contributed by atoms with E-state index in [1.54, 1.807) is 0 Å². The van der Waals surface area contributed by atoms with E-state index in [9.17, 15) is 43.8 Å². The van der Waals surface area contributed by atoms with E-state index in [0.717, 1.165) is 0 Å². The first-order chi connectivity index (χ1) is 18.2. The average Bonchev–Trinajstić information content (AvgIpc) is 2.84. The minimum Gasteiger partial charge on any atom is -0.508 e. The van der Waals surface area contributed by atoms with Crippen LogP contribution >= 0.6 is 0 Å². The van der Waals surface area contributed by atoms with E-state index in [1.807, 2.05) is 5.32 Å². The van der Waals surface area contributed by atoms with Crippen molar-refractivity contribution in [2.75, 3.05) is 0 Å². The van der Waals surface area contributed by atoms with Gasteiger partial charge in [0.15, 0.2) is 0 Å². The molecular weight excluding hydrogens is 522 g/mol. The highest BCUT2D eigenvalue weighted by Gasteiger charge is 2.31. The lowest BCUT2D eigenvalue weighted by Crippen LogP contribution is -2.57. The quantitative estimate of drug-likeness (QED) is 0.0960. The molecule has 1 aromatic carbocycles. The maximum atomic E-state index is 13.1. The van der Waals surface area contributed by atoms with E-state index < -0.39 is 78.5 Å². The predicted molar refractivity (Wildman–Crippen MR) is 131 cm³/mol. The lowest BCUT2D eigenvalue weighted by atomic mass is 10.0. The number of phenolic OH excluding ortho intramolecular Hbond substituents is 1. The van der Waals surface area contributed by atoms with Crippen molar-refractivity contribution in [2.24, 2.45) is 11.5 Å². The molecule has 4 amide bonds. The summed E-state index contributed by atoms with van der Waals surface area (Å²) < 4.78 is 0. The van der Waals surface area contributed by atoms with Crippen molar-refractivity contribution >= 4 is 41.5 Å². The van der Waals surface area contributed by atoms with Gasteiger partial charge in [0.1, 0.15) is 23.9 Å². The third kappa shape index (κ3) is 12.4. The van der Waals surface area contributed by atoms with Crippen LogP contribution in [0.25, 0.3) is 0 Å². The summed E-state index contributed by atoms with van der Waals surface area (Å²) in [6, 6.07) is -0.657. The fourth-order valence-corrected chi connectivity index (χ4v) is 3.24. The van der Waals surface area contributed by atoms with E-state index in [0.29, 0.717) is 5.56 Å². The van der Waals surface area contributed by atoms with Crippen LogP contribution in [0.5, 0.6) is 5.75 Å². The molecule has 214 valence electrons. The number of carboxylic acids is 3. The number of benzene rings is 1. The second-order valence-corrected chi connectivity index (χ2v) is 8.53. The van der Waals surface area contributed by atoms with Gasteiger partial charge in [0.05, 0.1) is 12.5 Å². The molecule has 0 saturated heterocycles. The monoisotopic (exact) mass is 553 g/mol. The Morgan fingerprint density at radius 2 is 1.26 bits per heavy atom. The summed E-state index contributed by atoms with van der Waals surface area (Å²) in [6.45, 7) is 0. The lowest BCUT2D eigenvalue weighted by molar-refractivity contribution is -0.147. The number of carboxylic acid groups (broad SMARTS) is 3. The zero-order valence-electron chi connectivity index (χ0n) is 20.7. The summed E-state index contributed by atoms with van der Waals surface area (Å²) in [5.41, 5.74) is 11.2. The summed E-state index contributed by atoms with van der Waals surface area (Å²) in [7, 11) is 0. The predicted octanol–water partition coefficient (Wildman–Crippen LogP) is -2.59. The maximum Gasteiger partial charge on any atom is 0.326 e. The van der Waals surface area contributed by atoms with Crippen molar-refractivity contribution in [2.45, 2.75) is 62.7 Å². The summed E-state index contributed by atoms with van der Waals surface area (Å²) >= 11 is 0. The smallest absolute Gasteiger partial charge is 0.326 e. The van der Waals surface area contributed by atoms with Gasteiger partial charge in [-0.1, -0.05) is 12.1 Å². The highest BCUT2D eigenvalue weighted by Crippen LogP contribution is 2.12. The van der Waals surface area contributed by atoms with Crippen LogP contribution in [-0.2, 0) is 40.0 Å². The van der Waals surface area contributed by atoms with E-state index >= 15 is 0 Å². The van der Waals surface area contributed by atoms with Crippen molar-refractivity contribution in [3.8, 4) is 5.75 Å². The number of aromatic hydroxyl groups is 1. The Hall–Kier alpha value is -4.73. The molecule has 11 N–H and O–H groups in total. The van der Waals surface area contributed by atoms with Gasteiger partial charge >= 0.3 is 17.9 Å². The third-order valence-electron chi connectivity index (χ3n) is 5.32. The zero-order chi connectivity index (χ0) is 29.7. The standard InChI is InChI=1S/C23H31N5O11/c24-13(5-8-18(31)32)20(35)26-14(6-7-17(25)30)21(36)27-15(9-11-1-3-12(29)4-2-11)22(37)28-16(23(38)39)10-19(33)34/h1-4,13-16,29H,5-10,24H2,(H2,25,30)(H,26,35)(H,27,36)(H,28,37)(H,31,32)(H,33,34)(H,38,39). The van der Waals surface area contributed by atoms with Gasteiger partial charge < -0.3 is 47.8 Å². The summed E-state index contributed by atoms with van der Waals surface area (Å²) in [5.74, 6) is -8.21. The Bertz CT molecular complexity index is 1080. The highest BCUT2D eigenvalue weighted by atomic mass is 16.4. The molecule has 0 spiro atoms. The van der Waals surface area contributed by atoms with E-state index in [4.69, 9.17) is 21.7 Å². The Morgan fingerprint density at radius 1 is 0.718 bits per heavy atom. The molecule has 0 aliphatic carbocycles. The van der Waals surface area contributed by atoms with Crippen molar-refractivity contribution in [1.82, 2.24) is 16.0 Å². The first-order valence-electron chi connectivity index (χ1n) is 11.6. The van der Waals surface area contributed by atoms with Gasteiger partial charge in [-0.3, -0.25) is 28.8 Å². The van der Waals surface area contributed by atoms with Crippen molar-refractivity contribution in [3.05, 3.63) is 29.8 Å². The maximum absolute atomic E-state index is 13.1. The Kier molecular flexibility index (Phi) is 12.8. The molecule has 16 heteroatoms. The van der Waals surface area contributed by atoms with E-state index in [1.165, 1.54) is 24.3 Å². The first kappa shape index (κ1) is 32.3. The first-order valence-corrected chi connectivity index (χ1v) is 11.6. The van der Waals surface area contributed by atoms with Crippen molar-refractivity contribution in [1.29, 1.82) is 0 Å². The molecule has 0 saturated carbocycles. The van der Waals surface area contributed by atoms with Gasteiger partial charge in [-0.05, 0) is 30.5 Å². The second-order valence-electron chi connectivity index (χ2n) is 8.53. The molecule has 0 bridgehead atoms. The van der Waals surface area contributed by atoms with Crippen LogP contribution < -0.4 is 27.4 Å². The van der Waals surface area contributed by atoms with Crippen LogP contribution in [0.3, 0.4) is 0 Å². The summed E-state index contributed by atoms with van der Waals surface area (Å²) in [5, 5.41) is 43.1. The summed E-state index contributed by atoms with van der Waals surface area (Å²) in [4.78, 5) is 82.9. The fourth-order valence-electron chi connectivity index (χ4n) is 3.24. The molecule has 1 aromatic rings. The summed E-state index contributed by atoms with van der Waals surface area (Å²) in [6.07, 6.45) is -2.56. The van der Waals surface area contributed by atoms with E-state index in [2.05, 4.69) is 10.6 Å². The molecule has 4 atom stereocenters. The van der Waals surface area contributed by atoms with Crippen molar-refractivity contribution < 1.29 is 54.0 Å². The highest BCUT2D eigenvalue weighted by molar-refractivity contribution is 5.95. The van der Waals surface area contributed by atoms with Crippen LogP contribution in [0, 0.1) is 0 Å². The number of aliphatic carboxylic acids is 3. The molecule has 1 rings (SSSR count). The van der Waals surface area contributed by atoms with Crippen LogP contribution in [-0.4, -0.2) is 86.1 Å². The molecule has 0 aliphatic rings. The number of hydrogen-bond donors (Lipinski definition) is 9. The van der Waals surface area contributed by atoms with Gasteiger partial charge in [-0.15, -0.1) is 0 Å². The van der Waals surface area contributed by atoms with Crippen LogP contribution in [0.1, 0.15) is 37.7 Å². The van der Waals surface area contributed by atoms with Gasteiger partial charge in [0, 0.05) is 19.3 Å². The molecule has 4 unspecified atom stereocenters. The number of nitrogens with one attached hydrogen (secondary N) is 3. The third-order valence-corrected chi connectivity index (χ3v) is 5.32. The Morgan fingerprint density at radius 3 is 1.77 bits per heavy atom. The minimum atomic E-state index is -1.83. The van der Waals surface area contributed by atoms with Crippen LogP contribution in [0.15, 0.2) is 24.3 Å².